The van der Waals surface area contributed by atoms with Crippen LogP contribution in [-0.2, 0) is 16.1 Å². The molecule has 6 heteroatoms. The Morgan fingerprint density at radius 1 is 1.28 bits per heavy atom. The molecule has 0 bridgehead atoms. The Bertz CT molecular complexity index is 1020. The van der Waals surface area contributed by atoms with E-state index in [1.54, 1.807) is 30.5 Å². The molecule has 0 amide bonds. The largest absolute Gasteiger partial charge is 0.456 e. The number of hydrogen-bond donors (Lipinski definition) is 0. The van der Waals surface area contributed by atoms with Gasteiger partial charge in [-0.05, 0) is 36.3 Å². The van der Waals surface area contributed by atoms with Crippen LogP contribution in [0.1, 0.15) is 16.8 Å². The molecule has 1 aromatic carbocycles. The topological polar surface area (TPSA) is 60.7 Å². The zero-order valence-electron chi connectivity index (χ0n) is 13.5. The van der Waals surface area contributed by atoms with Crippen LogP contribution in [0.2, 0.25) is 5.02 Å². The van der Waals surface area contributed by atoms with Gasteiger partial charge in [-0.15, -0.1) is 0 Å². The fourth-order valence-electron chi connectivity index (χ4n) is 2.29. The van der Waals surface area contributed by atoms with E-state index in [1.165, 1.54) is 16.5 Å². The molecule has 3 aromatic rings. The maximum Gasteiger partial charge on any atom is 0.331 e. The van der Waals surface area contributed by atoms with Gasteiger partial charge in [0, 0.05) is 23.4 Å². The van der Waals surface area contributed by atoms with E-state index in [1.807, 2.05) is 25.1 Å². The Balaban J connectivity index is 1.70. The summed E-state index contributed by atoms with van der Waals surface area (Å²) in [5, 5.41) is 0.547. The van der Waals surface area contributed by atoms with Crippen LogP contribution in [0.3, 0.4) is 0 Å². The van der Waals surface area contributed by atoms with Crippen LogP contribution >= 0.6 is 11.6 Å². The van der Waals surface area contributed by atoms with E-state index in [-0.39, 0.29) is 12.2 Å². The van der Waals surface area contributed by atoms with Crippen molar-refractivity contribution >= 4 is 29.3 Å². The molecule has 0 N–H and O–H groups in total. The summed E-state index contributed by atoms with van der Waals surface area (Å²) < 4.78 is 6.59. The molecular formula is C19H15ClN2O3. The molecule has 0 aliphatic heterocycles. The third-order valence-corrected chi connectivity index (χ3v) is 3.87. The van der Waals surface area contributed by atoms with Gasteiger partial charge in [0.15, 0.2) is 0 Å². The second kappa shape index (κ2) is 7.32. The summed E-state index contributed by atoms with van der Waals surface area (Å²) >= 11 is 6.01. The molecule has 5 nitrogen and oxygen atoms in total. The maximum absolute atomic E-state index is 12.1. The molecule has 0 saturated heterocycles. The van der Waals surface area contributed by atoms with E-state index in [0.717, 1.165) is 11.1 Å². The molecule has 0 atom stereocenters. The number of benzene rings is 1. The monoisotopic (exact) mass is 354 g/mol. The van der Waals surface area contributed by atoms with Crippen molar-refractivity contribution in [2.24, 2.45) is 0 Å². The number of nitrogens with zero attached hydrogens (tertiary/aromatic N) is 2. The van der Waals surface area contributed by atoms with Crippen LogP contribution in [0.4, 0.5) is 0 Å². The predicted molar refractivity (Wildman–Crippen MR) is 96.5 cm³/mol. The van der Waals surface area contributed by atoms with Crippen LogP contribution < -0.4 is 5.56 Å². The second-order valence-corrected chi connectivity index (χ2v) is 5.89. The normalized spacial score (nSPS) is 11.1. The predicted octanol–water partition coefficient (Wildman–Crippen LogP) is 3.41. The molecule has 0 unspecified atom stereocenters. The first-order chi connectivity index (χ1) is 12.0. The third kappa shape index (κ3) is 4.14. The zero-order chi connectivity index (χ0) is 17.8. The zero-order valence-corrected chi connectivity index (χ0v) is 14.2. The number of aromatic nitrogens is 2. The van der Waals surface area contributed by atoms with Gasteiger partial charge in [0.1, 0.15) is 12.3 Å². The molecule has 25 heavy (non-hydrogen) atoms. The van der Waals surface area contributed by atoms with Gasteiger partial charge in [-0.25, -0.2) is 9.78 Å². The Morgan fingerprint density at radius 3 is 2.88 bits per heavy atom. The molecular weight excluding hydrogens is 340 g/mol. The number of ether oxygens (including phenoxy) is 1. The SMILES string of the molecule is Cc1ccc2nc(COC(=O)/C=C/c3ccccc3Cl)cc(=O)n2c1. The summed E-state index contributed by atoms with van der Waals surface area (Å²) in [5.41, 5.74) is 2.37. The summed E-state index contributed by atoms with van der Waals surface area (Å²) in [6, 6.07) is 12.1. The van der Waals surface area contributed by atoms with Crippen molar-refractivity contribution in [2.75, 3.05) is 0 Å². The van der Waals surface area contributed by atoms with E-state index in [2.05, 4.69) is 4.98 Å². The highest BCUT2D eigenvalue weighted by molar-refractivity contribution is 6.32. The van der Waals surface area contributed by atoms with Gasteiger partial charge in [0.25, 0.3) is 5.56 Å². The molecule has 0 aliphatic rings. The van der Waals surface area contributed by atoms with E-state index in [4.69, 9.17) is 16.3 Å². The standard InChI is InChI=1S/C19H15ClN2O3/c1-13-6-8-17-21-15(10-18(23)22(17)11-13)12-25-19(24)9-7-14-4-2-3-5-16(14)20/h2-11H,12H2,1H3/b9-7+. The Hall–Kier alpha value is -2.92. The lowest BCUT2D eigenvalue weighted by Gasteiger charge is -2.05. The number of hydrogen-bond acceptors (Lipinski definition) is 4. The molecule has 0 spiro atoms. The van der Waals surface area contributed by atoms with Crippen molar-refractivity contribution < 1.29 is 9.53 Å². The highest BCUT2D eigenvalue weighted by Crippen LogP contribution is 2.16. The molecule has 3 rings (SSSR count). The third-order valence-electron chi connectivity index (χ3n) is 3.53. The highest BCUT2D eigenvalue weighted by Gasteiger charge is 2.05. The van der Waals surface area contributed by atoms with E-state index >= 15 is 0 Å². The quantitative estimate of drug-likeness (QED) is 0.532. The van der Waals surface area contributed by atoms with Crippen molar-refractivity contribution in [3.8, 4) is 0 Å². The first kappa shape index (κ1) is 16.9. The summed E-state index contributed by atoms with van der Waals surface area (Å²) in [6.07, 6.45) is 4.58. The van der Waals surface area contributed by atoms with Crippen molar-refractivity contribution in [2.45, 2.75) is 13.5 Å². The number of carbonyl (C=O) groups is 1. The summed E-state index contributed by atoms with van der Waals surface area (Å²) in [6.45, 7) is 1.82. The number of aryl methyl sites for hydroxylation is 1. The smallest absolute Gasteiger partial charge is 0.331 e. The molecule has 0 fully saturated rings. The first-order valence-electron chi connectivity index (χ1n) is 7.61. The highest BCUT2D eigenvalue weighted by atomic mass is 35.5. The van der Waals surface area contributed by atoms with E-state index in [0.29, 0.717) is 16.4 Å². The Labute approximate surface area is 149 Å². The lowest BCUT2D eigenvalue weighted by Crippen LogP contribution is -2.16. The molecule has 0 aliphatic carbocycles. The van der Waals surface area contributed by atoms with Crippen LogP contribution in [0.25, 0.3) is 11.7 Å². The van der Waals surface area contributed by atoms with Crippen molar-refractivity contribution in [3.63, 3.8) is 0 Å². The minimum atomic E-state index is -0.536. The van der Waals surface area contributed by atoms with Crippen molar-refractivity contribution in [1.82, 2.24) is 9.38 Å². The van der Waals surface area contributed by atoms with E-state index in [9.17, 15) is 9.59 Å². The number of halogens is 1. The Morgan fingerprint density at radius 2 is 2.08 bits per heavy atom. The minimum Gasteiger partial charge on any atom is -0.456 e. The average Bonchev–Trinajstić information content (AvgIpc) is 2.60. The van der Waals surface area contributed by atoms with Gasteiger partial charge in [0.05, 0.1) is 5.69 Å². The van der Waals surface area contributed by atoms with Gasteiger partial charge in [-0.2, -0.15) is 0 Å². The summed E-state index contributed by atoms with van der Waals surface area (Å²) in [7, 11) is 0. The number of rotatable bonds is 4. The van der Waals surface area contributed by atoms with Crippen molar-refractivity contribution in [1.29, 1.82) is 0 Å². The lowest BCUT2D eigenvalue weighted by atomic mass is 10.2. The van der Waals surface area contributed by atoms with Crippen LogP contribution in [0.15, 0.2) is 59.5 Å². The van der Waals surface area contributed by atoms with Gasteiger partial charge in [-0.3, -0.25) is 9.20 Å². The summed E-state index contributed by atoms with van der Waals surface area (Å²) in [4.78, 5) is 28.3. The number of esters is 1. The van der Waals surface area contributed by atoms with Crippen LogP contribution in [0.5, 0.6) is 0 Å². The first-order valence-corrected chi connectivity index (χ1v) is 7.99. The van der Waals surface area contributed by atoms with Crippen molar-refractivity contribution in [3.05, 3.63) is 86.9 Å². The molecule has 126 valence electrons. The molecule has 0 radical (unpaired) electrons. The van der Waals surface area contributed by atoms with Gasteiger partial charge >= 0.3 is 5.97 Å². The van der Waals surface area contributed by atoms with Gasteiger partial charge in [0.2, 0.25) is 0 Å². The van der Waals surface area contributed by atoms with Gasteiger partial charge in [-0.1, -0.05) is 35.9 Å². The Kier molecular flexibility index (Phi) is 4.95. The van der Waals surface area contributed by atoms with E-state index < -0.39 is 5.97 Å². The van der Waals surface area contributed by atoms with Crippen LogP contribution in [0, 0.1) is 6.92 Å². The molecule has 2 heterocycles. The van der Waals surface area contributed by atoms with Crippen LogP contribution in [-0.4, -0.2) is 15.4 Å². The maximum atomic E-state index is 12.1. The molecule has 2 aromatic heterocycles. The average molecular weight is 355 g/mol. The second-order valence-electron chi connectivity index (χ2n) is 5.48. The van der Waals surface area contributed by atoms with Gasteiger partial charge < -0.3 is 4.74 Å². The summed E-state index contributed by atoms with van der Waals surface area (Å²) in [5.74, 6) is -0.536. The fraction of sp³-hybridized carbons (Fsp3) is 0.105. The minimum absolute atomic E-state index is 0.0781. The molecule has 0 saturated carbocycles. The number of carbonyl (C=O) groups excluding carboxylic acids is 1. The fourth-order valence-corrected chi connectivity index (χ4v) is 2.49. The lowest BCUT2D eigenvalue weighted by molar-refractivity contribution is -0.139. The number of fused-ring (bicyclic) bond motifs is 1. The number of pyridine rings is 1.